The highest BCUT2D eigenvalue weighted by molar-refractivity contribution is 5.78. The van der Waals surface area contributed by atoms with E-state index in [0.29, 0.717) is 18.4 Å². The number of carbonyl (C=O) groups is 1. The maximum atomic E-state index is 12.4. The van der Waals surface area contributed by atoms with Gasteiger partial charge >= 0.3 is 0 Å². The molecule has 1 amide bonds. The van der Waals surface area contributed by atoms with Gasteiger partial charge in [-0.1, -0.05) is 60.7 Å². The number of rotatable bonds is 8. The minimum Gasteiger partial charge on any atom is -0.357 e. The van der Waals surface area contributed by atoms with Gasteiger partial charge in [-0.05, 0) is 48.6 Å². The van der Waals surface area contributed by atoms with E-state index in [1.165, 1.54) is 11.1 Å². The predicted molar refractivity (Wildman–Crippen MR) is 126 cm³/mol. The lowest BCUT2D eigenvalue weighted by molar-refractivity contribution is -0.121. The van der Waals surface area contributed by atoms with Crippen LogP contribution in [-0.2, 0) is 18.3 Å². The van der Waals surface area contributed by atoms with Crippen molar-refractivity contribution in [3.05, 3.63) is 95.8 Å². The summed E-state index contributed by atoms with van der Waals surface area (Å²) in [4.78, 5) is 14.9. The molecule has 4 nitrogen and oxygen atoms in total. The van der Waals surface area contributed by atoms with Gasteiger partial charge in [-0.2, -0.15) is 0 Å². The molecular formula is C27H33N3O. The quantitative estimate of drug-likeness (QED) is 0.593. The second kappa shape index (κ2) is 10.5. The molecular weight excluding hydrogens is 382 g/mol. The van der Waals surface area contributed by atoms with Crippen LogP contribution in [0.25, 0.3) is 0 Å². The third-order valence-corrected chi connectivity index (χ3v) is 6.35. The second-order valence-electron chi connectivity index (χ2n) is 8.71. The summed E-state index contributed by atoms with van der Waals surface area (Å²) in [7, 11) is 1.98. The molecule has 0 spiro atoms. The number of carbonyl (C=O) groups excluding carboxylic acids is 1. The topological polar surface area (TPSA) is 37.3 Å². The van der Waals surface area contributed by atoms with E-state index in [0.717, 1.165) is 44.5 Å². The highest BCUT2D eigenvalue weighted by atomic mass is 16.1. The average Bonchev–Trinajstić information content (AvgIpc) is 3.21. The molecule has 0 radical (unpaired) electrons. The SMILES string of the molecule is Cn1ccc(CC(=O)NC2CCN(CCC(c3ccccc3)c3ccccc3)CC2)c1. The number of aryl methyl sites for hydroxylation is 1. The Bertz CT molecular complexity index is 903. The van der Waals surface area contributed by atoms with Crippen molar-refractivity contribution < 1.29 is 4.79 Å². The molecule has 1 saturated heterocycles. The van der Waals surface area contributed by atoms with Crippen LogP contribution in [-0.4, -0.2) is 41.1 Å². The monoisotopic (exact) mass is 415 g/mol. The zero-order valence-electron chi connectivity index (χ0n) is 18.4. The smallest absolute Gasteiger partial charge is 0.224 e. The van der Waals surface area contributed by atoms with E-state index in [1.54, 1.807) is 0 Å². The number of piperidine rings is 1. The largest absolute Gasteiger partial charge is 0.357 e. The fraction of sp³-hybridized carbons (Fsp3) is 0.370. The van der Waals surface area contributed by atoms with Gasteiger partial charge in [0, 0.05) is 44.5 Å². The van der Waals surface area contributed by atoms with Crippen LogP contribution in [0, 0.1) is 0 Å². The summed E-state index contributed by atoms with van der Waals surface area (Å²) in [5.41, 5.74) is 3.85. The maximum Gasteiger partial charge on any atom is 0.224 e. The van der Waals surface area contributed by atoms with Crippen molar-refractivity contribution >= 4 is 5.91 Å². The molecule has 0 atom stereocenters. The van der Waals surface area contributed by atoms with E-state index in [1.807, 2.05) is 30.1 Å². The number of nitrogens with zero attached hydrogens (tertiary/aromatic N) is 2. The van der Waals surface area contributed by atoms with Crippen molar-refractivity contribution in [2.24, 2.45) is 7.05 Å². The molecule has 2 aromatic carbocycles. The van der Waals surface area contributed by atoms with Crippen LogP contribution in [0.15, 0.2) is 79.1 Å². The number of aromatic nitrogens is 1. The third kappa shape index (κ3) is 6.08. The van der Waals surface area contributed by atoms with Crippen LogP contribution in [0.2, 0.25) is 0 Å². The lowest BCUT2D eigenvalue weighted by Crippen LogP contribution is -2.45. The Morgan fingerprint density at radius 2 is 1.58 bits per heavy atom. The first-order chi connectivity index (χ1) is 15.2. The molecule has 1 fully saturated rings. The fourth-order valence-electron chi connectivity index (χ4n) is 4.64. The van der Waals surface area contributed by atoms with Gasteiger partial charge in [-0.15, -0.1) is 0 Å². The van der Waals surface area contributed by atoms with Crippen molar-refractivity contribution in [3.63, 3.8) is 0 Å². The van der Waals surface area contributed by atoms with Crippen LogP contribution in [0.5, 0.6) is 0 Å². The fourth-order valence-corrected chi connectivity index (χ4v) is 4.64. The third-order valence-electron chi connectivity index (χ3n) is 6.35. The van der Waals surface area contributed by atoms with Gasteiger partial charge in [0.2, 0.25) is 5.91 Å². The van der Waals surface area contributed by atoms with E-state index >= 15 is 0 Å². The van der Waals surface area contributed by atoms with Gasteiger partial charge in [0.25, 0.3) is 0 Å². The molecule has 0 bridgehead atoms. The minimum atomic E-state index is 0.137. The van der Waals surface area contributed by atoms with Crippen molar-refractivity contribution in [1.29, 1.82) is 0 Å². The molecule has 3 aromatic rings. The number of hydrogen-bond acceptors (Lipinski definition) is 2. The first-order valence-corrected chi connectivity index (χ1v) is 11.4. The Kier molecular flexibility index (Phi) is 7.21. The van der Waals surface area contributed by atoms with Gasteiger partial charge < -0.3 is 14.8 Å². The number of hydrogen-bond donors (Lipinski definition) is 1. The predicted octanol–water partition coefficient (Wildman–Crippen LogP) is 4.37. The summed E-state index contributed by atoms with van der Waals surface area (Å²) >= 11 is 0. The van der Waals surface area contributed by atoms with E-state index in [2.05, 4.69) is 70.9 Å². The van der Waals surface area contributed by atoms with Gasteiger partial charge in [0.15, 0.2) is 0 Å². The normalized spacial score (nSPS) is 15.3. The lowest BCUT2D eigenvalue weighted by Gasteiger charge is -2.33. The standard InChI is InChI=1S/C27H33N3O/c1-29-16-12-22(21-29)20-27(31)28-25-13-17-30(18-14-25)19-15-26(23-8-4-2-5-9-23)24-10-6-3-7-11-24/h2-12,16,21,25-26H,13-15,17-20H2,1H3,(H,28,31). The maximum absolute atomic E-state index is 12.4. The molecule has 4 rings (SSSR count). The lowest BCUT2D eigenvalue weighted by atomic mass is 9.88. The highest BCUT2D eigenvalue weighted by Gasteiger charge is 2.22. The van der Waals surface area contributed by atoms with Gasteiger partial charge in [0.05, 0.1) is 6.42 Å². The molecule has 2 heterocycles. The van der Waals surface area contributed by atoms with Crippen LogP contribution >= 0.6 is 0 Å². The van der Waals surface area contributed by atoms with Crippen LogP contribution in [0.4, 0.5) is 0 Å². The van der Waals surface area contributed by atoms with Crippen LogP contribution in [0.1, 0.15) is 41.9 Å². The number of benzene rings is 2. The number of nitrogens with one attached hydrogen (secondary N) is 1. The summed E-state index contributed by atoms with van der Waals surface area (Å²) in [5, 5.41) is 3.24. The summed E-state index contributed by atoms with van der Waals surface area (Å²) in [6, 6.07) is 24.0. The molecule has 1 N–H and O–H groups in total. The second-order valence-corrected chi connectivity index (χ2v) is 8.71. The average molecular weight is 416 g/mol. The minimum absolute atomic E-state index is 0.137. The first kappa shape index (κ1) is 21.4. The van der Waals surface area contributed by atoms with E-state index in [4.69, 9.17) is 0 Å². The van der Waals surface area contributed by atoms with Crippen molar-refractivity contribution in [1.82, 2.24) is 14.8 Å². The van der Waals surface area contributed by atoms with Gasteiger partial charge in [0.1, 0.15) is 0 Å². The Hall–Kier alpha value is -2.85. The van der Waals surface area contributed by atoms with Crippen molar-refractivity contribution in [2.45, 2.75) is 37.6 Å². The zero-order valence-corrected chi connectivity index (χ0v) is 18.4. The zero-order chi connectivity index (χ0) is 21.5. The van der Waals surface area contributed by atoms with E-state index < -0.39 is 0 Å². The molecule has 0 saturated carbocycles. The highest BCUT2D eigenvalue weighted by Crippen LogP contribution is 2.28. The Morgan fingerprint density at radius 1 is 0.968 bits per heavy atom. The van der Waals surface area contributed by atoms with Gasteiger partial charge in [-0.25, -0.2) is 0 Å². The van der Waals surface area contributed by atoms with E-state index in [-0.39, 0.29) is 5.91 Å². The van der Waals surface area contributed by atoms with Gasteiger partial charge in [-0.3, -0.25) is 4.79 Å². The molecule has 1 aliphatic rings. The molecule has 0 unspecified atom stereocenters. The van der Waals surface area contributed by atoms with Crippen LogP contribution in [0.3, 0.4) is 0 Å². The molecule has 31 heavy (non-hydrogen) atoms. The number of likely N-dealkylation sites (tertiary alicyclic amines) is 1. The Labute approximate surface area is 185 Å². The molecule has 0 aliphatic carbocycles. The summed E-state index contributed by atoms with van der Waals surface area (Å²) in [5.74, 6) is 0.559. The summed E-state index contributed by atoms with van der Waals surface area (Å²) < 4.78 is 1.99. The summed E-state index contributed by atoms with van der Waals surface area (Å²) in [6.07, 6.45) is 7.64. The molecule has 1 aromatic heterocycles. The number of amides is 1. The summed E-state index contributed by atoms with van der Waals surface area (Å²) in [6.45, 7) is 3.18. The Balaban J connectivity index is 1.26. The molecule has 1 aliphatic heterocycles. The first-order valence-electron chi connectivity index (χ1n) is 11.4. The van der Waals surface area contributed by atoms with E-state index in [9.17, 15) is 4.79 Å². The Morgan fingerprint density at radius 3 is 2.13 bits per heavy atom. The van der Waals surface area contributed by atoms with Crippen molar-refractivity contribution in [2.75, 3.05) is 19.6 Å². The molecule has 4 heteroatoms. The van der Waals surface area contributed by atoms with Crippen molar-refractivity contribution in [3.8, 4) is 0 Å². The van der Waals surface area contributed by atoms with Crippen LogP contribution < -0.4 is 5.32 Å². The molecule has 162 valence electrons.